The number of likely N-dealkylation sites (N-methyl/N-ethyl adjacent to an activating group) is 1. The normalized spacial score (nSPS) is 25.1. The van der Waals surface area contributed by atoms with E-state index in [9.17, 15) is 18.3 Å². The highest BCUT2D eigenvalue weighted by Gasteiger charge is 2.37. The van der Waals surface area contributed by atoms with Crippen LogP contribution in [-0.2, 0) is 6.18 Å². The maximum absolute atomic E-state index is 12.8. The van der Waals surface area contributed by atoms with Gasteiger partial charge in [0.2, 0.25) is 5.95 Å². The molecule has 4 N–H and O–H groups in total. The number of aromatic nitrogens is 4. The van der Waals surface area contributed by atoms with Gasteiger partial charge < -0.3 is 26.0 Å². The molecule has 1 aliphatic carbocycles. The number of halogens is 3. The second-order valence-electron chi connectivity index (χ2n) is 8.71. The second-order valence-corrected chi connectivity index (χ2v) is 8.71. The number of rotatable bonds is 5. The van der Waals surface area contributed by atoms with Crippen molar-refractivity contribution in [2.75, 3.05) is 27.9 Å². The van der Waals surface area contributed by atoms with Crippen molar-refractivity contribution in [1.29, 1.82) is 0 Å². The zero-order chi connectivity index (χ0) is 23.2. The molecule has 174 valence electrons. The van der Waals surface area contributed by atoms with Crippen LogP contribution in [0.4, 0.5) is 36.4 Å². The number of hydrogen-bond acceptors (Lipinski definition) is 9. The first kappa shape index (κ1) is 22.3. The van der Waals surface area contributed by atoms with Crippen LogP contribution < -0.4 is 20.9 Å². The van der Waals surface area contributed by atoms with E-state index in [1.54, 1.807) is 0 Å². The molecule has 0 radical (unpaired) electrons. The number of aliphatic hydroxyl groups is 1. The minimum atomic E-state index is -4.50. The number of anilines is 4. The molecule has 12 heteroatoms. The Morgan fingerprint density at radius 3 is 2.50 bits per heavy atom. The van der Waals surface area contributed by atoms with Crippen LogP contribution in [0.2, 0.25) is 0 Å². The molecule has 9 nitrogen and oxygen atoms in total. The van der Waals surface area contributed by atoms with Gasteiger partial charge in [-0.3, -0.25) is 0 Å². The van der Waals surface area contributed by atoms with Gasteiger partial charge in [-0.15, -0.1) is 0 Å². The van der Waals surface area contributed by atoms with Crippen molar-refractivity contribution in [3.8, 4) is 0 Å². The molecular formula is C20H27F3N8O. The number of fused-ring (bicyclic) bond motifs is 1. The van der Waals surface area contributed by atoms with E-state index < -0.39 is 18.1 Å². The molecule has 2 atom stereocenters. The summed E-state index contributed by atoms with van der Waals surface area (Å²) in [6.45, 7) is 5.94. The number of aliphatic hydroxyl groups excluding tert-OH is 1. The molecular weight excluding hydrogens is 425 g/mol. The van der Waals surface area contributed by atoms with Crippen molar-refractivity contribution in [1.82, 2.24) is 19.9 Å². The maximum Gasteiger partial charge on any atom is 0.433 e. The van der Waals surface area contributed by atoms with Gasteiger partial charge in [-0.05, 0) is 25.7 Å². The summed E-state index contributed by atoms with van der Waals surface area (Å²) in [7, 11) is 1.91. The van der Waals surface area contributed by atoms with Gasteiger partial charge in [-0.25, -0.2) is 15.0 Å². The Labute approximate surface area is 183 Å². The molecule has 1 unspecified atom stereocenters. The Morgan fingerprint density at radius 2 is 1.84 bits per heavy atom. The molecule has 0 amide bonds. The van der Waals surface area contributed by atoms with Gasteiger partial charge in [0.25, 0.3) is 0 Å². The molecule has 1 fully saturated rings. The fourth-order valence-electron chi connectivity index (χ4n) is 4.28. The first-order valence-corrected chi connectivity index (χ1v) is 10.5. The fraction of sp³-hybridized carbons (Fsp3) is 0.600. The Balaban J connectivity index is 1.39. The molecule has 0 saturated heterocycles. The van der Waals surface area contributed by atoms with Crippen molar-refractivity contribution < 1.29 is 18.3 Å². The van der Waals surface area contributed by atoms with Crippen molar-refractivity contribution in [2.24, 2.45) is 5.92 Å². The van der Waals surface area contributed by atoms with Crippen LogP contribution in [0, 0.1) is 12.8 Å². The second kappa shape index (κ2) is 8.23. The third-order valence-electron chi connectivity index (χ3n) is 5.93. The van der Waals surface area contributed by atoms with Gasteiger partial charge in [0, 0.05) is 25.2 Å². The molecule has 0 bridgehead atoms. The summed E-state index contributed by atoms with van der Waals surface area (Å²) in [6, 6.07) is 0.865. The van der Waals surface area contributed by atoms with Gasteiger partial charge in [-0.1, -0.05) is 13.8 Å². The Morgan fingerprint density at radius 1 is 1.16 bits per heavy atom. The van der Waals surface area contributed by atoms with Gasteiger partial charge in [0.1, 0.15) is 29.8 Å². The highest BCUT2D eigenvalue weighted by molar-refractivity contribution is 5.72. The van der Waals surface area contributed by atoms with E-state index in [1.807, 2.05) is 32.7 Å². The zero-order valence-electron chi connectivity index (χ0n) is 18.3. The Hall–Kier alpha value is -2.89. The predicted molar refractivity (Wildman–Crippen MR) is 115 cm³/mol. The standard InChI is InChI=1S/C20H27F3N8O/c1-9(2)16-18(32)29-15-10(3)26-19(30-17(15)31(16)4)28-12-5-11(6-12)27-14-7-13(20(21,22)23)24-8-25-14/h7-9,11-12,16,18,29,32H,5-6H2,1-4H3,(H,24,25,27)(H,26,28,30)/t11-,12-,16-,18?/m0/s1. The quantitative estimate of drug-likeness (QED) is 0.544. The largest absolute Gasteiger partial charge is 0.433 e. The third kappa shape index (κ3) is 4.36. The lowest BCUT2D eigenvalue weighted by molar-refractivity contribution is -0.141. The van der Waals surface area contributed by atoms with E-state index in [0.717, 1.165) is 23.9 Å². The SMILES string of the molecule is Cc1nc(N[C@H]2C[C@H](Nc3cc(C(F)(F)F)ncn3)C2)nc2c1NC(O)[C@H](C(C)C)N2C. The van der Waals surface area contributed by atoms with E-state index >= 15 is 0 Å². The lowest BCUT2D eigenvalue weighted by Crippen LogP contribution is -2.52. The third-order valence-corrected chi connectivity index (χ3v) is 5.93. The molecule has 1 aliphatic heterocycles. The predicted octanol–water partition coefficient (Wildman–Crippen LogP) is 2.85. The summed E-state index contributed by atoms with van der Waals surface area (Å²) in [5.41, 5.74) is 0.463. The van der Waals surface area contributed by atoms with Gasteiger partial charge in [0.15, 0.2) is 5.82 Å². The van der Waals surface area contributed by atoms with E-state index in [4.69, 9.17) is 0 Å². The van der Waals surface area contributed by atoms with Crippen LogP contribution in [0.25, 0.3) is 0 Å². The van der Waals surface area contributed by atoms with Crippen molar-refractivity contribution >= 4 is 23.3 Å². The molecule has 2 aromatic rings. The number of nitrogens with zero attached hydrogens (tertiary/aromatic N) is 5. The molecule has 1 saturated carbocycles. The monoisotopic (exact) mass is 452 g/mol. The summed E-state index contributed by atoms with van der Waals surface area (Å²) in [4.78, 5) is 18.3. The summed E-state index contributed by atoms with van der Waals surface area (Å²) < 4.78 is 38.4. The van der Waals surface area contributed by atoms with Crippen molar-refractivity contribution in [2.45, 2.75) is 64.1 Å². The van der Waals surface area contributed by atoms with Crippen LogP contribution in [-0.4, -0.2) is 56.4 Å². The molecule has 2 aliphatic rings. The molecule has 32 heavy (non-hydrogen) atoms. The van der Waals surface area contributed by atoms with Crippen molar-refractivity contribution in [3.05, 3.63) is 23.8 Å². The van der Waals surface area contributed by atoms with Crippen LogP contribution >= 0.6 is 0 Å². The number of alkyl halides is 3. The summed E-state index contributed by atoms with van der Waals surface area (Å²) in [6.07, 6.45) is -2.93. The summed E-state index contributed by atoms with van der Waals surface area (Å²) in [5, 5.41) is 19.9. The molecule has 0 aromatic carbocycles. The minimum Gasteiger partial charge on any atom is -0.372 e. The number of hydrogen-bond donors (Lipinski definition) is 4. The number of aryl methyl sites for hydroxylation is 1. The molecule has 2 aromatic heterocycles. The molecule has 4 rings (SSSR count). The van der Waals surface area contributed by atoms with Crippen molar-refractivity contribution in [3.63, 3.8) is 0 Å². The van der Waals surface area contributed by atoms with E-state index in [0.29, 0.717) is 24.5 Å². The lowest BCUT2D eigenvalue weighted by Gasteiger charge is -2.42. The lowest BCUT2D eigenvalue weighted by atomic mass is 9.87. The van der Waals surface area contributed by atoms with Crippen LogP contribution in [0.1, 0.15) is 38.1 Å². The average molecular weight is 452 g/mol. The van der Waals surface area contributed by atoms with Crippen LogP contribution in [0.3, 0.4) is 0 Å². The molecule has 3 heterocycles. The maximum atomic E-state index is 12.8. The van der Waals surface area contributed by atoms with Gasteiger partial charge in [-0.2, -0.15) is 18.2 Å². The Bertz CT molecular complexity index is 980. The van der Waals surface area contributed by atoms with Gasteiger partial charge in [0.05, 0.1) is 11.7 Å². The Kier molecular flexibility index (Phi) is 5.74. The first-order chi connectivity index (χ1) is 15.0. The fourth-order valence-corrected chi connectivity index (χ4v) is 4.28. The van der Waals surface area contributed by atoms with Gasteiger partial charge >= 0.3 is 6.18 Å². The summed E-state index contributed by atoms with van der Waals surface area (Å²) >= 11 is 0. The van der Waals surface area contributed by atoms with Crippen LogP contribution in [0.15, 0.2) is 12.4 Å². The highest BCUT2D eigenvalue weighted by Crippen LogP contribution is 2.36. The average Bonchev–Trinajstić information content (AvgIpc) is 2.66. The highest BCUT2D eigenvalue weighted by atomic mass is 19.4. The topological polar surface area (TPSA) is 111 Å². The van der Waals surface area contributed by atoms with E-state index in [1.165, 1.54) is 0 Å². The van der Waals surface area contributed by atoms with Crippen LogP contribution in [0.5, 0.6) is 0 Å². The molecule has 0 spiro atoms. The zero-order valence-corrected chi connectivity index (χ0v) is 18.3. The minimum absolute atomic E-state index is 0.00739. The smallest absolute Gasteiger partial charge is 0.372 e. The van der Waals surface area contributed by atoms with E-state index in [2.05, 4.69) is 35.9 Å². The van der Waals surface area contributed by atoms with E-state index in [-0.39, 0.29) is 29.9 Å². The first-order valence-electron chi connectivity index (χ1n) is 10.5. The summed E-state index contributed by atoms with van der Waals surface area (Å²) in [5.74, 6) is 1.57. The number of nitrogens with one attached hydrogen (secondary N) is 3.